The third-order valence-electron chi connectivity index (χ3n) is 7.07. The summed E-state index contributed by atoms with van der Waals surface area (Å²) >= 11 is 0. The van der Waals surface area contributed by atoms with Gasteiger partial charge in [0.25, 0.3) is 11.5 Å². The molecule has 0 unspecified atom stereocenters. The first-order chi connectivity index (χ1) is 21.0. The first kappa shape index (κ1) is 28.2. The summed E-state index contributed by atoms with van der Waals surface area (Å²) in [5.74, 6) is 4.77. The number of nitrogen functional groups attached to an aromatic ring is 1. The Morgan fingerprint density at radius 3 is 2.55 bits per heavy atom. The number of fused-ring (bicyclic) bond motifs is 2. The Labute approximate surface area is 247 Å². The Balaban J connectivity index is 1.48. The van der Waals surface area contributed by atoms with Gasteiger partial charge >= 0.3 is 6.18 Å². The van der Waals surface area contributed by atoms with Gasteiger partial charge in [0.1, 0.15) is 5.56 Å². The fraction of sp³-hybridized carbons (Fsp3) is 0.129. The average Bonchev–Trinajstić information content (AvgIpc) is 3.54. The van der Waals surface area contributed by atoms with E-state index in [0.29, 0.717) is 21.4 Å². The number of anilines is 1. The molecule has 0 bridgehead atoms. The second-order valence-corrected chi connectivity index (χ2v) is 9.94. The zero-order valence-electron chi connectivity index (χ0n) is 23.3. The number of aromatic nitrogens is 6. The van der Waals surface area contributed by atoms with Crippen LogP contribution in [-0.4, -0.2) is 34.9 Å². The van der Waals surface area contributed by atoms with E-state index in [4.69, 9.17) is 5.73 Å². The number of halogens is 3. The fourth-order valence-electron chi connectivity index (χ4n) is 5.11. The highest BCUT2D eigenvalue weighted by atomic mass is 19.4. The van der Waals surface area contributed by atoms with E-state index in [-0.39, 0.29) is 33.5 Å². The predicted octanol–water partition coefficient (Wildman–Crippen LogP) is 4.26. The van der Waals surface area contributed by atoms with E-state index < -0.39 is 29.4 Å². The number of amides is 1. The second kappa shape index (κ2) is 10.7. The van der Waals surface area contributed by atoms with Crippen molar-refractivity contribution in [3.63, 3.8) is 0 Å². The van der Waals surface area contributed by atoms with Crippen LogP contribution in [0.2, 0.25) is 0 Å². The molecule has 0 radical (unpaired) electrons. The molecule has 3 N–H and O–H groups in total. The number of hydrogen-bond donors (Lipinski definition) is 2. The van der Waals surface area contributed by atoms with Crippen molar-refractivity contribution in [1.82, 2.24) is 34.3 Å². The molecule has 6 rings (SSSR count). The van der Waals surface area contributed by atoms with E-state index in [1.54, 1.807) is 73.8 Å². The molecule has 6 aromatic rings. The van der Waals surface area contributed by atoms with E-state index in [2.05, 4.69) is 32.3 Å². The predicted molar refractivity (Wildman–Crippen MR) is 157 cm³/mol. The normalized spacial score (nSPS) is 12.2. The minimum Gasteiger partial charge on any atom is -0.381 e. The van der Waals surface area contributed by atoms with Gasteiger partial charge in [-0.1, -0.05) is 42.2 Å². The Kier molecular flexibility index (Phi) is 6.89. The zero-order chi connectivity index (χ0) is 31.2. The molecule has 44 heavy (non-hydrogen) atoms. The van der Waals surface area contributed by atoms with Crippen molar-refractivity contribution < 1.29 is 18.0 Å². The molecular formula is C31H23F3N8O2. The van der Waals surface area contributed by atoms with Crippen LogP contribution in [0.25, 0.3) is 22.1 Å². The highest BCUT2D eigenvalue weighted by Gasteiger charge is 2.37. The van der Waals surface area contributed by atoms with Crippen molar-refractivity contribution in [3.05, 3.63) is 118 Å². The fourth-order valence-corrected chi connectivity index (χ4v) is 5.11. The standard InChI is InChI=1S/C31H23F3N8O2/c1-18(38-29(43)25-27(35)39-41-15-7-14-36-28(25)41)23-16-20-9-6-8-19(12-13-21-17-37-40(2)26(21)31(32,33)34)24(20)30(44)42(23)22-10-4-3-5-11-22/h3-11,14-18H,1-2H3,(H2,35,39)(H,38,43)/t18-/m1/s1. The summed E-state index contributed by atoms with van der Waals surface area (Å²) in [5.41, 5.74) is 5.85. The summed E-state index contributed by atoms with van der Waals surface area (Å²) in [6, 6.07) is 16.4. The van der Waals surface area contributed by atoms with Gasteiger partial charge in [0.05, 0.1) is 23.2 Å². The number of rotatable bonds is 4. The van der Waals surface area contributed by atoms with Crippen LogP contribution in [0.1, 0.15) is 45.8 Å². The molecule has 10 nitrogen and oxygen atoms in total. The molecule has 0 aliphatic rings. The number of hydrogen-bond acceptors (Lipinski definition) is 6. The molecule has 1 amide bonds. The highest BCUT2D eigenvalue weighted by molar-refractivity contribution is 6.04. The topological polar surface area (TPSA) is 125 Å². The largest absolute Gasteiger partial charge is 0.434 e. The van der Waals surface area contributed by atoms with Crippen molar-refractivity contribution in [3.8, 4) is 17.5 Å². The third-order valence-corrected chi connectivity index (χ3v) is 7.07. The zero-order valence-corrected chi connectivity index (χ0v) is 23.3. The number of para-hydroxylation sites is 1. The Bertz CT molecular complexity index is 2190. The van der Waals surface area contributed by atoms with Crippen LogP contribution in [0.5, 0.6) is 0 Å². The lowest BCUT2D eigenvalue weighted by atomic mass is 10.0. The summed E-state index contributed by atoms with van der Waals surface area (Å²) < 4.78 is 44.4. The summed E-state index contributed by atoms with van der Waals surface area (Å²) in [6.07, 6.45) is -0.481. The molecule has 4 heterocycles. The number of nitrogens with one attached hydrogen (secondary N) is 1. The van der Waals surface area contributed by atoms with Crippen molar-refractivity contribution in [2.75, 3.05) is 5.73 Å². The smallest absolute Gasteiger partial charge is 0.381 e. The summed E-state index contributed by atoms with van der Waals surface area (Å²) in [4.78, 5) is 31.8. The molecular weight excluding hydrogens is 573 g/mol. The molecule has 0 fully saturated rings. The van der Waals surface area contributed by atoms with Gasteiger partial charge in [-0.05, 0) is 42.6 Å². The minimum absolute atomic E-state index is 0.00197. The van der Waals surface area contributed by atoms with Crippen LogP contribution < -0.4 is 16.6 Å². The summed E-state index contributed by atoms with van der Waals surface area (Å²) in [6.45, 7) is 1.72. The van der Waals surface area contributed by atoms with E-state index in [1.807, 2.05) is 0 Å². The maximum atomic E-state index is 14.2. The summed E-state index contributed by atoms with van der Waals surface area (Å²) in [7, 11) is 1.19. The molecule has 1 atom stereocenters. The van der Waals surface area contributed by atoms with Gasteiger partial charge in [-0.2, -0.15) is 18.3 Å². The lowest BCUT2D eigenvalue weighted by Gasteiger charge is -2.21. The molecule has 0 saturated heterocycles. The van der Waals surface area contributed by atoms with Crippen molar-refractivity contribution in [1.29, 1.82) is 0 Å². The Morgan fingerprint density at radius 1 is 1.05 bits per heavy atom. The maximum Gasteiger partial charge on any atom is 0.434 e. The number of carbonyl (C=O) groups excluding carboxylic acids is 1. The second-order valence-electron chi connectivity index (χ2n) is 9.94. The van der Waals surface area contributed by atoms with E-state index in [9.17, 15) is 22.8 Å². The maximum absolute atomic E-state index is 14.2. The van der Waals surface area contributed by atoms with Gasteiger partial charge in [-0.3, -0.25) is 18.8 Å². The minimum atomic E-state index is -4.66. The van der Waals surface area contributed by atoms with Crippen LogP contribution in [0, 0.1) is 11.8 Å². The molecule has 13 heteroatoms. The number of pyridine rings is 1. The molecule has 2 aromatic carbocycles. The van der Waals surface area contributed by atoms with Crippen LogP contribution >= 0.6 is 0 Å². The number of benzene rings is 2. The molecule has 4 aromatic heterocycles. The van der Waals surface area contributed by atoms with Gasteiger partial charge in [-0.15, -0.1) is 5.10 Å². The Hall–Kier alpha value is -5.90. The molecule has 0 aliphatic carbocycles. The molecule has 0 spiro atoms. The van der Waals surface area contributed by atoms with Gasteiger partial charge in [0.2, 0.25) is 0 Å². The number of nitrogens with zero attached hydrogens (tertiary/aromatic N) is 6. The number of alkyl halides is 3. The van der Waals surface area contributed by atoms with Gasteiger partial charge < -0.3 is 11.1 Å². The lowest BCUT2D eigenvalue weighted by molar-refractivity contribution is -0.143. The molecule has 0 aliphatic heterocycles. The SMILES string of the molecule is C[C@@H](NC(=O)c1c(N)nn2cccnc12)c1cc2cccc(C#Cc3cnn(C)c3C(F)(F)F)c2c(=O)n1-c1ccccc1. The number of nitrogens with two attached hydrogens (primary N) is 1. The highest BCUT2D eigenvalue weighted by Crippen LogP contribution is 2.31. The van der Waals surface area contributed by atoms with Crippen LogP contribution in [0.15, 0.2) is 84.0 Å². The summed E-state index contributed by atoms with van der Waals surface area (Å²) in [5, 5.41) is 11.4. The van der Waals surface area contributed by atoms with Gasteiger partial charge in [0.15, 0.2) is 17.2 Å². The molecule has 0 saturated carbocycles. The van der Waals surface area contributed by atoms with Gasteiger partial charge in [-0.25, -0.2) is 9.50 Å². The monoisotopic (exact) mass is 596 g/mol. The first-order valence-electron chi connectivity index (χ1n) is 13.3. The quantitative estimate of drug-likeness (QED) is 0.293. The van der Waals surface area contributed by atoms with E-state index >= 15 is 0 Å². The van der Waals surface area contributed by atoms with Crippen molar-refractivity contribution in [2.45, 2.75) is 19.1 Å². The number of carbonyl (C=O) groups is 1. The lowest BCUT2D eigenvalue weighted by Crippen LogP contribution is -2.32. The number of aryl methyl sites for hydroxylation is 1. The first-order valence-corrected chi connectivity index (χ1v) is 13.3. The van der Waals surface area contributed by atoms with E-state index in [0.717, 1.165) is 6.20 Å². The van der Waals surface area contributed by atoms with Crippen molar-refractivity contribution >= 4 is 28.1 Å². The van der Waals surface area contributed by atoms with Crippen LogP contribution in [0.4, 0.5) is 19.0 Å². The Morgan fingerprint density at radius 2 is 1.80 bits per heavy atom. The van der Waals surface area contributed by atoms with Gasteiger partial charge in [0, 0.05) is 36.4 Å². The van der Waals surface area contributed by atoms with E-state index in [1.165, 1.54) is 22.3 Å². The van der Waals surface area contributed by atoms with Crippen LogP contribution in [-0.2, 0) is 13.2 Å². The third kappa shape index (κ3) is 4.92. The average molecular weight is 597 g/mol. The van der Waals surface area contributed by atoms with Crippen molar-refractivity contribution in [2.24, 2.45) is 7.05 Å². The van der Waals surface area contributed by atoms with Crippen LogP contribution in [0.3, 0.4) is 0 Å². The molecule has 220 valence electrons.